The number of sulfonamides is 1. The Morgan fingerprint density at radius 1 is 1.14 bits per heavy atom. The number of rotatable bonds is 6. The second-order valence-electron chi connectivity index (χ2n) is 5.44. The van der Waals surface area contributed by atoms with Gasteiger partial charge in [-0.05, 0) is 49.5 Å². The highest BCUT2D eigenvalue weighted by atomic mass is 32.2. The number of ether oxygens (including phenoxy) is 2. The number of halogens is 2. The highest BCUT2D eigenvalue weighted by molar-refractivity contribution is 7.92. The van der Waals surface area contributed by atoms with E-state index >= 15 is 0 Å². The monoisotopic (exact) mass is 430 g/mol. The van der Waals surface area contributed by atoms with Gasteiger partial charge >= 0.3 is 0 Å². The molecule has 0 aliphatic carbocycles. The van der Waals surface area contributed by atoms with Gasteiger partial charge in [-0.15, -0.1) is 0 Å². The maximum absolute atomic E-state index is 13.9. The van der Waals surface area contributed by atoms with Crippen molar-refractivity contribution in [2.24, 2.45) is 0 Å². The summed E-state index contributed by atoms with van der Waals surface area (Å²) in [6.07, 6.45) is 0.913. The molecule has 0 saturated heterocycles. The molecule has 7 nitrogen and oxygen atoms in total. The van der Waals surface area contributed by atoms with Crippen LogP contribution < -0.4 is 14.8 Å². The maximum Gasteiger partial charge on any atom is 0.263 e. The third kappa shape index (κ3) is 6.13. The van der Waals surface area contributed by atoms with Crippen molar-refractivity contribution >= 4 is 39.0 Å². The smallest absolute Gasteiger partial charge is 0.263 e. The Balaban J connectivity index is 2.40. The Morgan fingerprint density at radius 2 is 1.86 bits per heavy atom. The van der Waals surface area contributed by atoms with E-state index in [4.69, 9.17) is 21.7 Å². The summed E-state index contributed by atoms with van der Waals surface area (Å²) in [5.74, 6) is -2.99. The first kappa shape index (κ1) is 21.5. The quantitative estimate of drug-likeness (QED) is 0.684. The molecule has 2 aromatic rings. The summed E-state index contributed by atoms with van der Waals surface area (Å²) in [7, 11) is -3.69. The van der Waals surface area contributed by atoms with Gasteiger partial charge in [0.1, 0.15) is 5.82 Å². The summed E-state index contributed by atoms with van der Waals surface area (Å²) < 4.78 is 62.6. The molecule has 0 heterocycles. The summed E-state index contributed by atoms with van der Waals surface area (Å²) in [5.41, 5.74) is -0.00576. The van der Waals surface area contributed by atoms with Gasteiger partial charge < -0.3 is 9.47 Å². The number of thiocarbonyl (C=S) groups is 1. The minimum atomic E-state index is -3.69. The molecule has 2 rings (SSSR count). The van der Waals surface area contributed by atoms with Gasteiger partial charge in [0.05, 0.1) is 18.6 Å². The van der Waals surface area contributed by atoms with Gasteiger partial charge in [-0.25, -0.2) is 17.2 Å². The molecule has 150 valence electrons. The Labute approximate surface area is 165 Å². The van der Waals surface area contributed by atoms with E-state index in [0.717, 1.165) is 18.4 Å². The first-order valence-corrected chi connectivity index (χ1v) is 10.1. The molecule has 2 aromatic carbocycles. The fourth-order valence-corrected chi connectivity index (χ4v) is 2.82. The third-order valence-electron chi connectivity index (χ3n) is 3.14. The van der Waals surface area contributed by atoms with Crippen LogP contribution in [0.2, 0.25) is 0 Å². The van der Waals surface area contributed by atoms with Gasteiger partial charge in [-0.2, -0.15) is 0 Å². The highest BCUT2D eigenvalue weighted by Gasteiger charge is 2.16. The van der Waals surface area contributed by atoms with Crippen molar-refractivity contribution in [1.82, 2.24) is 5.32 Å². The molecule has 2 N–H and O–H groups in total. The minimum Gasteiger partial charge on any atom is -0.471 e. The van der Waals surface area contributed by atoms with Crippen LogP contribution in [0.4, 0.5) is 14.5 Å². The van der Waals surface area contributed by atoms with E-state index < -0.39 is 27.6 Å². The predicted octanol–water partition coefficient (Wildman–Crippen LogP) is 3.18. The molecule has 28 heavy (non-hydrogen) atoms. The number of carbonyl (C=O) groups excluding carboxylic acids is 1. The molecule has 1 amide bonds. The van der Waals surface area contributed by atoms with E-state index in [1.807, 2.05) is 0 Å². The Morgan fingerprint density at radius 3 is 2.46 bits per heavy atom. The van der Waals surface area contributed by atoms with E-state index in [1.54, 1.807) is 6.92 Å². The average molecular weight is 430 g/mol. The second kappa shape index (κ2) is 8.93. The number of nitrogens with one attached hydrogen (secondary N) is 2. The van der Waals surface area contributed by atoms with Crippen LogP contribution in [0.1, 0.15) is 17.3 Å². The molecule has 0 saturated carbocycles. The lowest BCUT2D eigenvalue weighted by Gasteiger charge is -2.14. The van der Waals surface area contributed by atoms with Crippen molar-refractivity contribution in [2.75, 3.05) is 17.6 Å². The molecule has 0 aliphatic heterocycles. The summed E-state index contributed by atoms with van der Waals surface area (Å²) >= 11 is 4.83. The summed E-state index contributed by atoms with van der Waals surface area (Å²) in [6.45, 7) is 1.95. The van der Waals surface area contributed by atoms with Gasteiger partial charge in [0, 0.05) is 11.6 Å². The summed E-state index contributed by atoms with van der Waals surface area (Å²) in [5, 5.41) is 2.19. The van der Waals surface area contributed by atoms with E-state index in [2.05, 4.69) is 10.0 Å². The van der Waals surface area contributed by atoms with Crippen molar-refractivity contribution in [1.29, 1.82) is 0 Å². The number of benzene rings is 2. The third-order valence-corrected chi connectivity index (χ3v) is 3.95. The number of amides is 1. The number of hydrogen-bond donors (Lipinski definition) is 2. The molecule has 0 radical (unpaired) electrons. The van der Waals surface area contributed by atoms with Crippen LogP contribution in [-0.4, -0.2) is 32.4 Å². The maximum atomic E-state index is 13.9. The van der Waals surface area contributed by atoms with Crippen LogP contribution in [0.5, 0.6) is 11.5 Å². The van der Waals surface area contributed by atoms with E-state index in [1.165, 1.54) is 18.2 Å². The molecular weight excluding hydrogens is 414 g/mol. The van der Waals surface area contributed by atoms with Gasteiger partial charge in [-0.1, -0.05) is 0 Å². The fourth-order valence-electron chi connectivity index (χ4n) is 2.04. The first-order valence-electron chi connectivity index (χ1n) is 7.82. The van der Waals surface area contributed by atoms with E-state index in [9.17, 15) is 22.0 Å². The lowest BCUT2D eigenvalue weighted by molar-refractivity contribution is 0.0968. The highest BCUT2D eigenvalue weighted by Crippen LogP contribution is 2.33. The molecule has 11 heteroatoms. The first-order chi connectivity index (χ1) is 13.1. The van der Waals surface area contributed by atoms with Crippen molar-refractivity contribution < 1.29 is 31.5 Å². The van der Waals surface area contributed by atoms with Crippen molar-refractivity contribution in [2.45, 2.75) is 6.92 Å². The average Bonchev–Trinajstić information content (AvgIpc) is 2.57. The molecule has 0 aliphatic rings. The zero-order chi connectivity index (χ0) is 20.9. The number of anilines is 1. The topological polar surface area (TPSA) is 93.7 Å². The molecular formula is C17H16F2N2O5S2. The van der Waals surface area contributed by atoms with Crippen LogP contribution >= 0.6 is 12.2 Å². The number of hydrogen-bond acceptors (Lipinski definition) is 6. The van der Waals surface area contributed by atoms with Gasteiger partial charge in [0.15, 0.2) is 17.3 Å². The van der Waals surface area contributed by atoms with Crippen LogP contribution in [0.15, 0.2) is 36.4 Å². The number of carbonyl (C=O) groups is 1. The van der Waals surface area contributed by atoms with E-state index in [0.29, 0.717) is 6.07 Å². The Bertz CT molecular complexity index is 1010. The van der Waals surface area contributed by atoms with Crippen molar-refractivity contribution in [3.63, 3.8) is 0 Å². The van der Waals surface area contributed by atoms with Gasteiger partial charge in [0.2, 0.25) is 10.0 Å². The van der Waals surface area contributed by atoms with Crippen LogP contribution in [-0.2, 0) is 14.8 Å². The predicted molar refractivity (Wildman–Crippen MR) is 103 cm³/mol. The van der Waals surface area contributed by atoms with Gasteiger partial charge in [-0.3, -0.25) is 14.8 Å². The van der Waals surface area contributed by atoms with Crippen LogP contribution in [0.3, 0.4) is 0 Å². The Kier molecular flexibility index (Phi) is 6.86. The molecule has 0 aromatic heterocycles. The minimum absolute atomic E-state index is 0.0404. The fraction of sp³-hybridized carbons (Fsp3) is 0.176. The largest absolute Gasteiger partial charge is 0.471 e. The van der Waals surface area contributed by atoms with Crippen LogP contribution in [0.25, 0.3) is 0 Å². The second-order valence-corrected chi connectivity index (χ2v) is 7.56. The van der Waals surface area contributed by atoms with Crippen LogP contribution in [0, 0.1) is 11.6 Å². The molecule has 0 spiro atoms. The molecule has 0 unspecified atom stereocenters. The Hall–Kier alpha value is -2.79. The summed E-state index contributed by atoms with van der Waals surface area (Å²) in [4.78, 5) is 12.2. The van der Waals surface area contributed by atoms with E-state index in [-0.39, 0.29) is 34.5 Å². The molecule has 0 fully saturated rings. The van der Waals surface area contributed by atoms with Crippen molar-refractivity contribution in [3.05, 3.63) is 53.6 Å². The SMILES string of the molecule is CCOC(=S)NC(=O)c1ccc(NS(C)(=O)=O)c(Oc2ccc(F)cc2F)c1. The summed E-state index contributed by atoms with van der Waals surface area (Å²) in [6, 6.07) is 6.36. The zero-order valence-electron chi connectivity index (χ0n) is 14.8. The normalized spacial score (nSPS) is 10.9. The van der Waals surface area contributed by atoms with Crippen molar-refractivity contribution in [3.8, 4) is 11.5 Å². The standard InChI is InChI=1S/C17H16F2N2O5S2/c1-3-25-17(27)20-16(22)10-4-6-13(21-28(2,23)24)15(8-10)26-14-7-5-11(18)9-12(14)19/h4-9,21H,3H2,1-2H3,(H,20,22,27). The lowest BCUT2D eigenvalue weighted by atomic mass is 10.2. The molecule has 0 atom stereocenters. The zero-order valence-corrected chi connectivity index (χ0v) is 16.4. The van der Waals surface area contributed by atoms with Gasteiger partial charge in [0.25, 0.3) is 11.1 Å². The lowest BCUT2D eigenvalue weighted by Crippen LogP contribution is -2.30. The molecule has 0 bridgehead atoms.